The molecule has 6 heterocycles. The second-order valence-corrected chi connectivity index (χ2v) is 18.8. The molecule has 244 valence electrons. The molecular formula is C41H36N4S4. The average molecular weight is 713 g/mol. The molecule has 0 N–H and O–H groups in total. The highest BCUT2D eigenvalue weighted by Gasteiger charge is 2.39. The minimum atomic E-state index is -0.145. The Kier molecular flexibility index (Phi) is 7.25. The molecule has 0 aliphatic heterocycles. The van der Waals surface area contributed by atoms with Crippen LogP contribution >= 0.6 is 45.3 Å². The van der Waals surface area contributed by atoms with Crippen molar-refractivity contribution in [2.24, 2.45) is 0 Å². The van der Waals surface area contributed by atoms with Crippen molar-refractivity contribution in [2.75, 3.05) is 0 Å². The molecule has 0 fully saturated rings. The molecule has 0 unspecified atom stereocenters. The fraction of sp³-hybridized carbons (Fsp3) is 0.220. The summed E-state index contributed by atoms with van der Waals surface area (Å²) in [7, 11) is 0. The van der Waals surface area contributed by atoms with Crippen LogP contribution in [0.25, 0.3) is 59.5 Å². The van der Waals surface area contributed by atoms with Gasteiger partial charge in [-0.3, -0.25) is 4.57 Å². The van der Waals surface area contributed by atoms with Gasteiger partial charge in [0, 0.05) is 48.7 Å². The first-order chi connectivity index (χ1) is 23.6. The van der Waals surface area contributed by atoms with E-state index in [4.69, 9.17) is 9.97 Å². The lowest BCUT2D eigenvalue weighted by molar-refractivity contribution is 0.650. The van der Waals surface area contributed by atoms with Gasteiger partial charge in [0.1, 0.15) is 0 Å². The number of hydrogen-bond donors (Lipinski definition) is 0. The lowest BCUT2D eigenvalue weighted by Gasteiger charge is -2.26. The molecule has 49 heavy (non-hydrogen) atoms. The summed E-state index contributed by atoms with van der Waals surface area (Å²) in [4.78, 5) is 20.5. The Morgan fingerprint density at radius 2 is 1.10 bits per heavy atom. The Morgan fingerprint density at radius 1 is 0.592 bits per heavy atom. The quantitative estimate of drug-likeness (QED) is 0.172. The van der Waals surface area contributed by atoms with E-state index < -0.39 is 0 Å². The first-order valence-corrected chi connectivity index (χ1v) is 19.9. The number of fused-ring (bicyclic) bond motifs is 2. The van der Waals surface area contributed by atoms with Gasteiger partial charge in [0.15, 0.2) is 11.6 Å². The van der Waals surface area contributed by atoms with Crippen LogP contribution in [0, 0.1) is 27.7 Å². The van der Waals surface area contributed by atoms with Gasteiger partial charge in [-0.05, 0) is 130 Å². The van der Waals surface area contributed by atoms with Crippen LogP contribution in [0.4, 0.5) is 0 Å². The van der Waals surface area contributed by atoms with Crippen molar-refractivity contribution in [1.82, 2.24) is 19.1 Å². The van der Waals surface area contributed by atoms with Crippen LogP contribution in [0.5, 0.6) is 0 Å². The van der Waals surface area contributed by atoms with Crippen LogP contribution in [0.2, 0.25) is 0 Å². The number of aromatic nitrogens is 4. The number of allylic oxidation sites excluding steroid dienone is 4. The highest BCUT2D eigenvalue weighted by Crippen LogP contribution is 2.52. The van der Waals surface area contributed by atoms with Gasteiger partial charge in [-0.15, -0.1) is 45.3 Å². The van der Waals surface area contributed by atoms with Crippen LogP contribution in [0.1, 0.15) is 57.3 Å². The van der Waals surface area contributed by atoms with Crippen molar-refractivity contribution >= 4 is 56.6 Å². The Balaban J connectivity index is 1.13. The molecule has 0 spiro atoms. The van der Waals surface area contributed by atoms with Crippen molar-refractivity contribution in [3.63, 3.8) is 0 Å². The van der Waals surface area contributed by atoms with Crippen molar-refractivity contribution < 1.29 is 0 Å². The molecule has 0 amide bonds. The number of aryl methyl sites for hydroxylation is 4. The third-order valence-electron chi connectivity index (χ3n) is 9.85. The van der Waals surface area contributed by atoms with Crippen LogP contribution in [-0.4, -0.2) is 19.1 Å². The maximum atomic E-state index is 5.24. The Hall–Kier alpha value is -4.08. The van der Waals surface area contributed by atoms with E-state index in [2.05, 4.69) is 136 Å². The number of hydrogen-bond acceptors (Lipinski definition) is 6. The molecule has 1 aromatic carbocycles. The maximum Gasteiger partial charge on any atom is 0.155 e. The number of nitrogens with zero attached hydrogens (tertiary/aromatic N) is 4. The zero-order valence-electron chi connectivity index (χ0n) is 28.4. The van der Waals surface area contributed by atoms with Gasteiger partial charge in [-0.2, -0.15) is 0 Å². The van der Waals surface area contributed by atoms with Gasteiger partial charge in [-0.1, -0.05) is 19.9 Å². The molecule has 4 nitrogen and oxygen atoms in total. The van der Waals surface area contributed by atoms with Gasteiger partial charge < -0.3 is 4.57 Å². The third-order valence-corrected chi connectivity index (χ3v) is 13.9. The van der Waals surface area contributed by atoms with Crippen molar-refractivity contribution in [3.8, 4) is 48.2 Å². The van der Waals surface area contributed by atoms with E-state index in [9.17, 15) is 0 Å². The van der Waals surface area contributed by atoms with Gasteiger partial charge in [0.25, 0.3) is 0 Å². The summed E-state index contributed by atoms with van der Waals surface area (Å²) >= 11 is 7.23. The van der Waals surface area contributed by atoms with Gasteiger partial charge >= 0.3 is 0 Å². The van der Waals surface area contributed by atoms with Crippen molar-refractivity contribution in [2.45, 2.75) is 59.8 Å². The molecule has 0 saturated carbocycles. The Morgan fingerprint density at radius 3 is 1.63 bits per heavy atom. The molecule has 0 atom stereocenters. The fourth-order valence-corrected chi connectivity index (χ4v) is 10.7. The summed E-state index contributed by atoms with van der Waals surface area (Å²) in [6, 6.07) is 24.7. The van der Waals surface area contributed by atoms with Crippen LogP contribution in [0.3, 0.4) is 0 Å². The van der Waals surface area contributed by atoms with Gasteiger partial charge in [0.2, 0.25) is 0 Å². The van der Waals surface area contributed by atoms with Gasteiger partial charge in [-0.25, -0.2) is 9.97 Å². The minimum Gasteiger partial charge on any atom is -0.302 e. The molecular weight excluding hydrogens is 677 g/mol. The Bertz CT molecular complexity index is 2480. The SMILES string of the molecule is Cc1ccc(-c2cn(C3=CC4=C(CC3)c3ccc(-n5cc(-c6ccc(C)s6)nc5-c5ccc(C)s5)cc3C4(C)C)c(-c3ccc(C)s3)n2)s1. The molecule has 0 saturated heterocycles. The summed E-state index contributed by atoms with van der Waals surface area (Å²) in [5.74, 6) is 2.04. The molecule has 0 bridgehead atoms. The number of benzene rings is 1. The normalized spacial score (nSPS) is 15.2. The maximum absolute atomic E-state index is 5.24. The topological polar surface area (TPSA) is 35.6 Å². The average Bonchev–Trinajstić information content (AvgIpc) is 3.93. The number of imidazole rings is 2. The first kappa shape index (κ1) is 30.9. The zero-order chi connectivity index (χ0) is 33.6. The first-order valence-electron chi connectivity index (χ1n) is 16.7. The summed E-state index contributed by atoms with van der Waals surface area (Å²) in [6.45, 7) is 13.5. The molecule has 0 radical (unpaired) electrons. The van der Waals surface area contributed by atoms with E-state index in [0.29, 0.717) is 0 Å². The lowest BCUT2D eigenvalue weighted by atomic mass is 9.79. The number of thiophene rings is 4. The second-order valence-electron chi connectivity index (χ2n) is 13.7. The fourth-order valence-electron chi connectivity index (χ4n) is 7.36. The van der Waals surface area contributed by atoms with Crippen LogP contribution < -0.4 is 0 Å². The van der Waals surface area contributed by atoms with E-state index >= 15 is 0 Å². The lowest BCUT2D eigenvalue weighted by Crippen LogP contribution is -2.18. The van der Waals surface area contributed by atoms with Crippen LogP contribution in [0.15, 0.2) is 90.8 Å². The third kappa shape index (κ3) is 5.19. The van der Waals surface area contributed by atoms with Gasteiger partial charge in [0.05, 0.1) is 30.9 Å². The highest BCUT2D eigenvalue weighted by molar-refractivity contribution is 7.16. The smallest absolute Gasteiger partial charge is 0.155 e. The van der Waals surface area contributed by atoms with E-state index in [1.54, 1.807) is 22.7 Å². The molecule has 8 heteroatoms. The van der Waals surface area contributed by atoms with E-state index in [-0.39, 0.29) is 5.41 Å². The highest BCUT2D eigenvalue weighted by atomic mass is 32.1. The molecule has 2 aliphatic rings. The largest absolute Gasteiger partial charge is 0.302 e. The van der Waals surface area contributed by atoms with E-state index in [1.807, 2.05) is 22.7 Å². The molecule has 9 rings (SSSR count). The second kappa shape index (κ2) is 11.5. The molecule has 2 aliphatic carbocycles. The zero-order valence-corrected chi connectivity index (χ0v) is 31.7. The van der Waals surface area contributed by atoms with E-state index in [1.165, 1.54) is 67.0 Å². The molecule has 7 aromatic rings. The van der Waals surface area contributed by atoms with Crippen molar-refractivity contribution in [3.05, 3.63) is 121 Å². The predicted octanol–water partition coefficient (Wildman–Crippen LogP) is 12.6. The Labute approximate surface area is 303 Å². The predicted molar refractivity (Wildman–Crippen MR) is 211 cm³/mol. The summed E-state index contributed by atoms with van der Waals surface area (Å²) < 4.78 is 4.68. The summed E-state index contributed by atoms with van der Waals surface area (Å²) in [6.07, 6.45) is 8.95. The monoisotopic (exact) mass is 712 g/mol. The van der Waals surface area contributed by atoms with Crippen LogP contribution in [-0.2, 0) is 5.41 Å². The standard InChI is InChI=1S/C41H36N4S4/c1-23-7-15-35(46-23)33-21-44(39(42-33)37-17-9-25(3)48-37)27-11-13-29-30-14-12-28(20-32(30)41(5,6)31(29)19-27)45-22-34(36-16-8-24(2)47-36)43-40(45)38-18-10-26(4)49-38/h7-11,13,15-22H,12,14H2,1-6H3. The molecule has 6 aromatic heterocycles. The van der Waals surface area contributed by atoms with Crippen molar-refractivity contribution in [1.29, 1.82) is 0 Å². The minimum absolute atomic E-state index is 0.145. The summed E-state index contributed by atoms with van der Waals surface area (Å²) in [5.41, 5.74) is 10.1. The van der Waals surface area contributed by atoms with E-state index in [0.717, 1.165) is 41.6 Å². The number of rotatable bonds is 6. The summed E-state index contributed by atoms with van der Waals surface area (Å²) in [5, 5.41) is 0.